The van der Waals surface area contributed by atoms with Crippen LogP contribution < -0.4 is 20.3 Å². The van der Waals surface area contributed by atoms with Gasteiger partial charge in [0.2, 0.25) is 5.91 Å². The van der Waals surface area contributed by atoms with Crippen LogP contribution in [0, 0.1) is 0 Å². The number of guanidine groups is 1. The third-order valence-corrected chi connectivity index (χ3v) is 5.16. The van der Waals surface area contributed by atoms with Crippen LogP contribution in [0.5, 0.6) is 11.5 Å². The van der Waals surface area contributed by atoms with E-state index in [0.29, 0.717) is 12.3 Å². The van der Waals surface area contributed by atoms with Crippen LogP contribution in [0.25, 0.3) is 0 Å². The molecule has 0 spiro atoms. The van der Waals surface area contributed by atoms with Crippen LogP contribution in [0.2, 0.25) is 0 Å². The summed E-state index contributed by atoms with van der Waals surface area (Å²) in [7, 11) is 1.63. The van der Waals surface area contributed by atoms with Crippen LogP contribution in [0.3, 0.4) is 0 Å². The molecule has 1 fully saturated rings. The Morgan fingerprint density at radius 1 is 1.06 bits per heavy atom. The maximum Gasteiger partial charge on any atom is 0.242 e. The third-order valence-electron chi connectivity index (χ3n) is 5.16. The maximum atomic E-state index is 12.3. The summed E-state index contributed by atoms with van der Waals surface area (Å²) < 4.78 is 5.15. The van der Waals surface area contributed by atoms with E-state index in [9.17, 15) is 9.90 Å². The Labute approximate surface area is 206 Å². The number of nitrogens with one attached hydrogen (secondary N) is 2. The van der Waals surface area contributed by atoms with Crippen molar-refractivity contribution < 1.29 is 14.6 Å². The minimum atomic E-state index is -0.126. The molecule has 0 saturated carbocycles. The number of carbonyl (C=O) groups is 1. The molecule has 0 aromatic heterocycles. The molecule has 1 saturated heterocycles. The van der Waals surface area contributed by atoms with Gasteiger partial charge < -0.3 is 30.3 Å². The van der Waals surface area contributed by atoms with Crippen molar-refractivity contribution >= 4 is 41.5 Å². The molecule has 174 valence electrons. The molecule has 9 heteroatoms. The molecule has 32 heavy (non-hydrogen) atoms. The van der Waals surface area contributed by atoms with E-state index in [1.165, 1.54) is 0 Å². The number of para-hydroxylation sites is 2. The number of anilines is 1. The maximum absolute atomic E-state index is 12.3. The lowest BCUT2D eigenvalue weighted by molar-refractivity contribution is -0.119. The summed E-state index contributed by atoms with van der Waals surface area (Å²) in [5.41, 5.74) is 1.85. The number of hydrogen-bond donors (Lipinski definition) is 3. The fourth-order valence-electron chi connectivity index (χ4n) is 3.46. The molecular formula is C23H32IN5O3. The van der Waals surface area contributed by atoms with Gasteiger partial charge in [0.15, 0.2) is 5.96 Å². The molecule has 3 rings (SSSR count). The number of amides is 1. The predicted octanol–water partition coefficient (Wildman–Crippen LogP) is 2.42. The molecule has 0 aliphatic carbocycles. The molecule has 2 aromatic rings. The number of hydrogen-bond acceptors (Lipinski definition) is 5. The van der Waals surface area contributed by atoms with E-state index < -0.39 is 0 Å². The van der Waals surface area contributed by atoms with Crippen molar-refractivity contribution in [2.75, 3.05) is 51.3 Å². The topological polar surface area (TPSA) is 89.4 Å². The average molecular weight is 553 g/mol. The summed E-state index contributed by atoms with van der Waals surface area (Å²) in [5.74, 6) is 1.70. The predicted molar refractivity (Wildman–Crippen MR) is 138 cm³/mol. The Kier molecular flexibility index (Phi) is 10.4. The molecule has 1 amide bonds. The van der Waals surface area contributed by atoms with Crippen LogP contribution in [-0.4, -0.2) is 68.3 Å². The molecule has 2 aromatic carbocycles. The van der Waals surface area contributed by atoms with Gasteiger partial charge in [-0.25, -0.2) is 4.99 Å². The van der Waals surface area contributed by atoms with E-state index in [1.54, 1.807) is 13.2 Å². The van der Waals surface area contributed by atoms with Crippen molar-refractivity contribution in [3.05, 3.63) is 54.1 Å². The monoisotopic (exact) mass is 553 g/mol. The summed E-state index contributed by atoms with van der Waals surface area (Å²) in [5, 5.41) is 16.3. The molecule has 1 aliphatic heterocycles. The van der Waals surface area contributed by atoms with E-state index in [4.69, 9.17) is 4.74 Å². The molecule has 8 nitrogen and oxygen atoms in total. The van der Waals surface area contributed by atoms with Gasteiger partial charge in [0, 0.05) is 39.3 Å². The zero-order valence-electron chi connectivity index (χ0n) is 18.6. The lowest BCUT2D eigenvalue weighted by atomic mass is 10.2. The summed E-state index contributed by atoms with van der Waals surface area (Å²) in [6, 6.07) is 15.0. The number of phenolic OH excluding ortho intramolecular Hbond substituents is 1. The van der Waals surface area contributed by atoms with Crippen LogP contribution >= 0.6 is 24.0 Å². The molecule has 0 unspecified atom stereocenters. The number of piperazine rings is 1. The number of nitrogens with zero attached hydrogens (tertiary/aromatic N) is 3. The molecular weight excluding hydrogens is 521 g/mol. The normalized spacial score (nSPS) is 13.9. The number of ether oxygens (including phenoxy) is 1. The molecule has 0 radical (unpaired) electrons. The van der Waals surface area contributed by atoms with Gasteiger partial charge in [-0.05, 0) is 36.8 Å². The Balaban J connectivity index is 0.00000363. The number of phenols is 1. The van der Waals surface area contributed by atoms with E-state index in [-0.39, 0.29) is 36.4 Å². The highest BCUT2D eigenvalue weighted by Gasteiger charge is 2.21. The van der Waals surface area contributed by atoms with Crippen LogP contribution in [0.4, 0.5) is 5.69 Å². The van der Waals surface area contributed by atoms with E-state index in [2.05, 4.69) is 25.4 Å². The molecule has 0 atom stereocenters. The minimum absolute atomic E-state index is 0. The third kappa shape index (κ3) is 7.18. The summed E-state index contributed by atoms with van der Waals surface area (Å²) in [6.07, 6.45) is 0. The minimum Gasteiger partial charge on any atom is -0.506 e. The highest BCUT2D eigenvalue weighted by Crippen LogP contribution is 2.27. The van der Waals surface area contributed by atoms with Crippen LogP contribution in [-0.2, 0) is 11.3 Å². The van der Waals surface area contributed by atoms with Gasteiger partial charge in [-0.1, -0.05) is 24.3 Å². The van der Waals surface area contributed by atoms with E-state index in [0.717, 1.165) is 55.7 Å². The van der Waals surface area contributed by atoms with Crippen LogP contribution in [0.1, 0.15) is 12.5 Å². The van der Waals surface area contributed by atoms with Gasteiger partial charge in [0.1, 0.15) is 18.0 Å². The molecule has 1 heterocycles. The van der Waals surface area contributed by atoms with Gasteiger partial charge in [-0.2, -0.15) is 0 Å². The zero-order valence-corrected chi connectivity index (χ0v) is 20.9. The number of benzene rings is 2. The SMILES string of the molecule is CCNC(=NCC(=O)NCc1ccc(OC)cc1)N1CCN(c2ccccc2O)CC1.I. The largest absolute Gasteiger partial charge is 0.506 e. The Hall–Kier alpha value is -2.69. The Bertz CT molecular complexity index is 883. The second kappa shape index (κ2) is 13.0. The fraction of sp³-hybridized carbons (Fsp3) is 0.391. The number of carbonyl (C=O) groups excluding carboxylic acids is 1. The molecule has 1 aliphatic rings. The van der Waals surface area contributed by atoms with Gasteiger partial charge in [-0.15, -0.1) is 24.0 Å². The summed E-state index contributed by atoms with van der Waals surface area (Å²) in [6.45, 7) is 6.31. The standard InChI is InChI=1S/C23H31N5O3.HI/c1-3-24-23(26-17-22(30)25-16-18-8-10-19(31-2)11-9-18)28-14-12-27(13-15-28)20-6-4-5-7-21(20)29;/h4-11,29H,3,12-17H2,1-2H3,(H,24,26)(H,25,30);1H. The van der Waals surface area contributed by atoms with E-state index >= 15 is 0 Å². The first-order chi connectivity index (χ1) is 15.1. The zero-order chi connectivity index (χ0) is 22.1. The lowest BCUT2D eigenvalue weighted by Gasteiger charge is -2.37. The van der Waals surface area contributed by atoms with Gasteiger partial charge in [-0.3, -0.25) is 4.79 Å². The van der Waals surface area contributed by atoms with Crippen molar-refractivity contribution in [2.45, 2.75) is 13.5 Å². The average Bonchev–Trinajstić information content (AvgIpc) is 2.81. The van der Waals surface area contributed by atoms with Gasteiger partial charge in [0.05, 0.1) is 12.8 Å². The molecule has 3 N–H and O–H groups in total. The number of rotatable bonds is 7. The van der Waals surface area contributed by atoms with Crippen molar-refractivity contribution in [3.8, 4) is 11.5 Å². The summed E-state index contributed by atoms with van der Waals surface area (Å²) >= 11 is 0. The van der Waals surface area contributed by atoms with Crippen molar-refractivity contribution in [3.63, 3.8) is 0 Å². The van der Waals surface area contributed by atoms with Crippen molar-refractivity contribution in [1.29, 1.82) is 0 Å². The number of methoxy groups -OCH3 is 1. The second-order valence-corrected chi connectivity index (χ2v) is 7.26. The second-order valence-electron chi connectivity index (χ2n) is 7.26. The first-order valence-corrected chi connectivity index (χ1v) is 10.6. The Morgan fingerprint density at radius 2 is 1.75 bits per heavy atom. The van der Waals surface area contributed by atoms with Crippen molar-refractivity contribution in [2.24, 2.45) is 4.99 Å². The van der Waals surface area contributed by atoms with Crippen molar-refractivity contribution in [1.82, 2.24) is 15.5 Å². The number of aliphatic imine (C=N–C) groups is 1. The highest BCUT2D eigenvalue weighted by molar-refractivity contribution is 14.0. The van der Waals surface area contributed by atoms with Crippen LogP contribution in [0.15, 0.2) is 53.5 Å². The lowest BCUT2D eigenvalue weighted by Crippen LogP contribution is -2.52. The first kappa shape index (κ1) is 25.6. The van der Waals surface area contributed by atoms with Gasteiger partial charge >= 0.3 is 0 Å². The number of aromatic hydroxyl groups is 1. The fourth-order valence-corrected chi connectivity index (χ4v) is 3.46. The first-order valence-electron chi connectivity index (χ1n) is 10.6. The Morgan fingerprint density at radius 3 is 2.38 bits per heavy atom. The smallest absolute Gasteiger partial charge is 0.242 e. The quantitative estimate of drug-likeness (QED) is 0.278. The van der Waals surface area contributed by atoms with E-state index in [1.807, 2.05) is 49.4 Å². The molecule has 0 bridgehead atoms. The highest BCUT2D eigenvalue weighted by atomic mass is 127. The van der Waals surface area contributed by atoms with Gasteiger partial charge in [0.25, 0.3) is 0 Å². The number of halogens is 1. The summed E-state index contributed by atoms with van der Waals surface area (Å²) in [4.78, 5) is 21.1.